The topological polar surface area (TPSA) is 54.4 Å². The number of hydrogen-bond acceptors (Lipinski definition) is 2. The smallest absolute Gasteiger partial charge is 0.314 e. The second kappa shape index (κ2) is 6.53. The first-order chi connectivity index (χ1) is 9.11. The number of Topliss-reactive ketones (excluding diaryl/α,β-unsaturated/α-hetero) is 1. The first-order valence-corrected chi connectivity index (χ1v) is 7.87. The molecule has 19 heavy (non-hydrogen) atoms. The van der Waals surface area contributed by atoms with Crippen molar-refractivity contribution in [3.63, 3.8) is 0 Å². The van der Waals surface area contributed by atoms with Crippen molar-refractivity contribution in [2.24, 2.45) is 23.7 Å². The molecule has 0 amide bonds. The molecule has 0 aromatic carbocycles. The average Bonchev–Trinajstić information content (AvgIpc) is 2.39. The molecule has 2 rings (SSSR count). The molecule has 2 fully saturated rings. The SMILES string of the molecule is CCCC1CCC(C2CCC(C(=O)O)C(=O)C2)CC1. The summed E-state index contributed by atoms with van der Waals surface area (Å²) in [5.74, 6) is 0.368. The molecule has 2 aliphatic rings. The minimum Gasteiger partial charge on any atom is -0.481 e. The Morgan fingerprint density at radius 3 is 2.26 bits per heavy atom. The van der Waals surface area contributed by atoms with Gasteiger partial charge in [-0.05, 0) is 43.4 Å². The molecule has 0 heterocycles. The van der Waals surface area contributed by atoms with Crippen LogP contribution in [-0.4, -0.2) is 16.9 Å². The molecule has 0 spiro atoms. The van der Waals surface area contributed by atoms with Crippen molar-refractivity contribution in [1.82, 2.24) is 0 Å². The van der Waals surface area contributed by atoms with Gasteiger partial charge in [0.15, 0.2) is 0 Å². The maximum absolute atomic E-state index is 11.9. The van der Waals surface area contributed by atoms with Crippen molar-refractivity contribution in [2.45, 2.75) is 64.7 Å². The highest BCUT2D eigenvalue weighted by atomic mass is 16.4. The summed E-state index contributed by atoms with van der Waals surface area (Å²) in [6.07, 6.45) is 9.76. The normalized spacial score (nSPS) is 36.2. The fourth-order valence-corrected chi connectivity index (χ4v) is 4.06. The van der Waals surface area contributed by atoms with Crippen molar-refractivity contribution in [1.29, 1.82) is 0 Å². The molecule has 108 valence electrons. The van der Waals surface area contributed by atoms with Crippen molar-refractivity contribution < 1.29 is 14.7 Å². The maximum Gasteiger partial charge on any atom is 0.314 e. The number of carbonyl (C=O) groups is 2. The summed E-state index contributed by atoms with van der Waals surface area (Å²) in [5, 5.41) is 8.98. The molecular formula is C16H26O3. The first-order valence-electron chi connectivity index (χ1n) is 7.87. The van der Waals surface area contributed by atoms with Crippen molar-refractivity contribution in [3.8, 4) is 0 Å². The minimum absolute atomic E-state index is 0.0283. The zero-order chi connectivity index (χ0) is 13.8. The van der Waals surface area contributed by atoms with Crippen molar-refractivity contribution in [3.05, 3.63) is 0 Å². The van der Waals surface area contributed by atoms with Gasteiger partial charge >= 0.3 is 5.97 Å². The molecule has 3 heteroatoms. The summed E-state index contributed by atoms with van der Waals surface area (Å²) in [4.78, 5) is 22.8. The van der Waals surface area contributed by atoms with E-state index in [4.69, 9.17) is 5.11 Å². The zero-order valence-corrected chi connectivity index (χ0v) is 11.9. The van der Waals surface area contributed by atoms with Crippen LogP contribution in [0.25, 0.3) is 0 Å². The number of rotatable bonds is 4. The molecule has 2 atom stereocenters. The van der Waals surface area contributed by atoms with Crippen LogP contribution in [0.15, 0.2) is 0 Å². The third-order valence-corrected chi connectivity index (χ3v) is 5.23. The van der Waals surface area contributed by atoms with Gasteiger partial charge in [-0.2, -0.15) is 0 Å². The van der Waals surface area contributed by atoms with Gasteiger partial charge in [0.1, 0.15) is 11.7 Å². The van der Waals surface area contributed by atoms with Crippen LogP contribution in [0.3, 0.4) is 0 Å². The summed E-state index contributed by atoms with van der Waals surface area (Å²) >= 11 is 0. The van der Waals surface area contributed by atoms with Crippen molar-refractivity contribution in [2.75, 3.05) is 0 Å². The Hall–Kier alpha value is -0.860. The number of aliphatic carboxylic acids is 1. The lowest BCUT2D eigenvalue weighted by molar-refractivity contribution is -0.148. The van der Waals surface area contributed by atoms with Gasteiger partial charge in [0, 0.05) is 6.42 Å². The van der Waals surface area contributed by atoms with Crippen LogP contribution in [0, 0.1) is 23.7 Å². The average molecular weight is 266 g/mol. The second-order valence-electron chi connectivity index (χ2n) is 6.47. The van der Waals surface area contributed by atoms with Gasteiger partial charge in [-0.25, -0.2) is 0 Å². The van der Waals surface area contributed by atoms with E-state index in [9.17, 15) is 9.59 Å². The molecule has 0 aromatic rings. The van der Waals surface area contributed by atoms with E-state index in [1.165, 1.54) is 38.5 Å². The van der Waals surface area contributed by atoms with E-state index in [1.807, 2.05) is 0 Å². The summed E-state index contributed by atoms with van der Waals surface area (Å²) in [6.45, 7) is 2.25. The van der Waals surface area contributed by atoms with Gasteiger partial charge in [-0.3, -0.25) is 9.59 Å². The van der Waals surface area contributed by atoms with Crippen LogP contribution >= 0.6 is 0 Å². The van der Waals surface area contributed by atoms with Crippen LogP contribution in [0.2, 0.25) is 0 Å². The van der Waals surface area contributed by atoms with Crippen molar-refractivity contribution >= 4 is 11.8 Å². The standard InChI is InChI=1S/C16H26O3/c1-2-3-11-4-6-12(7-5-11)13-8-9-14(16(18)19)15(17)10-13/h11-14H,2-10H2,1H3,(H,18,19). The number of hydrogen-bond donors (Lipinski definition) is 1. The summed E-state index contributed by atoms with van der Waals surface area (Å²) in [5.41, 5.74) is 0. The van der Waals surface area contributed by atoms with Crippen LogP contribution in [0.4, 0.5) is 0 Å². The first kappa shape index (κ1) is 14.5. The Morgan fingerprint density at radius 2 is 1.74 bits per heavy atom. The Bertz CT molecular complexity index is 329. The molecule has 1 N–H and O–H groups in total. The van der Waals surface area contributed by atoms with E-state index in [1.54, 1.807) is 0 Å². The molecule has 2 saturated carbocycles. The third kappa shape index (κ3) is 3.58. The molecule has 2 aliphatic carbocycles. The van der Waals surface area contributed by atoms with E-state index in [0.29, 0.717) is 24.7 Å². The highest BCUT2D eigenvalue weighted by Gasteiger charge is 2.37. The second-order valence-corrected chi connectivity index (χ2v) is 6.47. The van der Waals surface area contributed by atoms with Gasteiger partial charge in [-0.1, -0.05) is 32.6 Å². The van der Waals surface area contributed by atoms with E-state index >= 15 is 0 Å². The molecule has 3 nitrogen and oxygen atoms in total. The predicted octanol–water partition coefficient (Wildman–Crippen LogP) is 3.66. The van der Waals surface area contributed by atoms with Crippen LogP contribution in [-0.2, 0) is 9.59 Å². The Morgan fingerprint density at radius 1 is 1.11 bits per heavy atom. The number of carboxylic acids is 1. The lowest BCUT2D eigenvalue weighted by atomic mass is 9.68. The molecule has 0 saturated heterocycles. The van der Waals surface area contributed by atoms with E-state index in [0.717, 1.165) is 12.3 Å². The van der Waals surface area contributed by atoms with Gasteiger partial charge in [-0.15, -0.1) is 0 Å². The molecule has 0 radical (unpaired) electrons. The number of carboxylic acid groups (broad SMARTS) is 1. The molecule has 2 unspecified atom stereocenters. The molecule has 0 aliphatic heterocycles. The molecule has 0 aromatic heterocycles. The van der Waals surface area contributed by atoms with Gasteiger partial charge < -0.3 is 5.11 Å². The largest absolute Gasteiger partial charge is 0.481 e. The fraction of sp³-hybridized carbons (Fsp3) is 0.875. The Kier molecular flexibility index (Phi) is 5.00. The van der Waals surface area contributed by atoms with Gasteiger partial charge in [0.25, 0.3) is 0 Å². The van der Waals surface area contributed by atoms with E-state index in [2.05, 4.69) is 6.92 Å². The third-order valence-electron chi connectivity index (χ3n) is 5.23. The lowest BCUT2D eigenvalue weighted by Gasteiger charge is -2.36. The lowest BCUT2D eigenvalue weighted by Crippen LogP contribution is -2.34. The van der Waals surface area contributed by atoms with Gasteiger partial charge in [0.05, 0.1) is 0 Å². The zero-order valence-electron chi connectivity index (χ0n) is 11.9. The maximum atomic E-state index is 11.9. The quantitative estimate of drug-likeness (QED) is 0.790. The predicted molar refractivity (Wildman–Crippen MR) is 73.8 cm³/mol. The van der Waals surface area contributed by atoms with Crippen LogP contribution in [0.5, 0.6) is 0 Å². The monoisotopic (exact) mass is 266 g/mol. The van der Waals surface area contributed by atoms with E-state index < -0.39 is 11.9 Å². The summed E-state index contributed by atoms with van der Waals surface area (Å²) in [7, 11) is 0. The van der Waals surface area contributed by atoms with Crippen LogP contribution < -0.4 is 0 Å². The minimum atomic E-state index is -0.921. The number of carbonyl (C=O) groups excluding carboxylic acids is 1. The molecule has 0 bridgehead atoms. The summed E-state index contributed by atoms with van der Waals surface area (Å²) in [6, 6.07) is 0. The van der Waals surface area contributed by atoms with E-state index in [-0.39, 0.29) is 5.78 Å². The Labute approximate surface area is 115 Å². The van der Waals surface area contributed by atoms with Gasteiger partial charge in [0.2, 0.25) is 0 Å². The summed E-state index contributed by atoms with van der Waals surface area (Å²) < 4.78 is 0. The Balaban J connectivity index is 1.82. The van der Waals surface area contributed by atoms with Crippen LogP contribution in [0.1, 0.15) is 64.7 Å². The highest BCUT2D eigenvalue weighted by Crippen LogP contribution is 2.41. The fourth-order valence-electron chi connectivity index (χ4n) is 4.06. The molecular weight excluding hydrogens is 240 g/mol. The highest BCUT2D eigenvalue weighted by molar-refractivity contribution is 5.98. The number of ketones is 1.